The smallest absolute Gasteiger partial charge is 0.0582 e. The van der Waals surface area contributed by atoms with E-state index in [1.807, 2.05) is 0 Å². The van der Waals surface area contributed by atoms with Crippen LogP contribution in [0.2, 0.25) is 0 Å². The van der Waals surface area contributed by atoms with Crippen molar-refractivity contribution in [1.29, 1.82) is 0 Å². The summed E-state index contributed by atoms with van der Waals surface area (Å²) in [5.41, 5.74) is 12.6. The molecule has 0 atom stereocenters. The van der Waals surface area contributed by atoms with E-state index in [1.54, 1.807) is 0 Å². The second-order valence-corrected chi connectivity index (χ2v) is 10.9. The quantitative estimate of drug-likeness (QED) is 0.246. The van der Waals surface area contributed by atoms with Crippen LogP contribution < -0.4 is 4.90 Å². The molecule has 0 saturated carbocycles. The van der Waals surface area contributed by atoms with Crippen LogP contribution >= 0.6 is 0 Å². The molecule has 6 aromatic rings. The van der Waals surface area contributed by atoms with Gasteiger partial charge in [-0.05, 0) is 84.6 Å². The van der Waals surface area contributed by atoms with E-state index >= 15 is 0 Å². The minimum absolute atomic E-state index is 0.0571. The molecule has 1 aromatic heterocycles. The standard InChI is InChI=1S/C35H30N2/c1-23-19-24(2)21-27(20-23)36(25-11-6-5-7-12-25)26-17-18-32-29(22-26)28-13-10-15-31-34(28)37(32)33-16-9-8-14-30(33)35(31,3)4/h5-22H,1-4H3. The van der Waals surface area contributed by atoms with Crippen molar-refractivity contribution in [3.63, 3.8) is 0 Å². The maximum absolute atomic E-state index is 2.48. The monoisotopic (exact) mass is 478 g/mol. The van der Waals surface area contributed by atoms with Crippen LogP contribution in [0, 0.1) is 13.8 Å². The first kappa shape index (κ1) is 21.9. The van der Waals surface area contributed by atoms with Crippen LogP contribution in [0.3, 0.4) is 0 Å². The largest absolute Gasteiger partial charge is 0.310 e. The van der Waals surface area contributed by atoms with Crippen LogP contribution in [0.1, 0.15) is 36.1 Å². The Labute approximate surface area is 218 Å². The fourth-order valence-electron chi connectivity index (χ4n) is 6.40. The number of fused-ring (bicyclic) bond motifs is 5. The Morgan fingerprint density at radius 2 is 1.27 bits per heavy atom. The summed E-state index contributed by atoms with van der Waals surface area (Å²) in [6.07, 6.45) is 0. The van der Waals surface area contributed by atoms with Crippen LogP contribution in [0.25, 0.3) is 27.5 Å². The van der Waals surface area contributed by atoms with Crippen LogP contribution in [0.5, 0.6) is 0 Å². The van der Waals surface area contributed by atoms with Gasteiger partial charge in [0.15, 0.2) is 0 Å². The Bertz CT molecular complexity index is 1800. The molecule has 2 heterocycles. The van der Waals surface area contributed by atoms with E-state index in [4.69, 9.17) is 0 Å². The maximum Gasteiger partial charge on any atom is 0.0582 e. The van der Waals surface area contributed by atoms with Crippen molar-refractivity contribution in [1.82, 2.24) is 4.57 Å². The molecule has 0 bridgehead atoms. The third-order valence-electron chi connectivity index (χ3n) is 8.00. The van der Waals surface area contributed by atoms with Crippen molar-refractivity contribution in [2.24, 2.45) is 0 Å². The first-order chi connectivity index (χ1) is 17.9. The summed E-state index contributed by atoms with van der Waals surface area (Å²) in [5.74, 6) is 0. The van der Waals surface area contributed by atoms with E-state index in [1.165, 1.54) is 61.1 Å². The molecule has 0 aliphatic carbocycles. The average molecular weight is 479 g/mol. The van der Waals surface area contributed by atoms with Gasteiger partial charge in [0.1, 0.15) is 0 Å². The molecule has 0 fully saturated rings. The Hall–Kier alpha value is -4.30. The molecule has 0 unspecified atom stereocenters. The number of para-hydroxylation sites is 3. The fourth-order valence-corrected chi connectivity index (χ4v) is 6.40. The molecule has 7 rings (SSSR count). The highest BCUT2D eigenvalue weighted by Crippen LogP contribution is 2.48. The van der Waals surface area contributed by atoms with Crippen LogP contribution in [0.15, 0.2) is 109 Å². The minimum atomic E-state index is -0.0571. The zero-order valence-corrected chi connectivity index (χ0v) is 21.8. The molecule has 0 N–H and O–H groups in total. The summed E-state index contributed by atoms with van der Waals surface area (Å²) in [6.45, 7) is 9.05. The molecule has 0 spiro atoms. The van der Waals surface area contributed by atoms with Gasteiger partial charge < -0.3 is 9.47 Å². The first-order valence-electron chi connectivity index (χ1n) is 13.0. The van der Waals surface area contributed by atoms with Gasteiger partial charge in [-0.3, -0.25) is 0 Å². The predicted molar refractivity (Wildman–Crippen MR) is 157 cm³/mol. The van der Waals surface area contributed by atoms with Crippen LogP contribution in [-0.4, -0.2) is 4.57 Å². The molecular weight excluding hydrogens is 448 g/mol. The van der Waals surface area contributed by atoms with Gasteiger partial charge in [-0.1, -0.05) is 74.5 Å². The minimum Gasteiger partial charge on any atom is -0.310 e. The Morgan fingerprint density at radius 3 is 2.05 bits per heavy atom. The number of hydrogen-bond acceptors (Lipinski definition) is 1. The lowest BCUT2D eigenvalue weighted by Gasteiger charge is -2.34. The van der Waals surface area contributed by atoms with Crippen LogP contribution in [0.4, 0.5) is 17.1 Å². The first-order valence-corrected chi connectivity index (χ1v) is 13.0. The maximum atomic E-state index is 2.48. The summed E-state index contributed by atoms with van der Waals surface area (Å²) in [5, 5.41) is 2.59. The third kappa shape index (κ3) is 3.18. The Morgan fingerprint density at radius 1 is 0.568 bits per heavy atom. The van der Waals surface area contributed by atoms with Gasteiger partial charge in [0, 0.05) is 33.2 Å². The van der Waals surface area contributed by atoms with Crippen LogP contribution in [-0.2, 0) is 5.41 Å². The molecule has 2 heteroatoms. The number of benzene rings is 5. The highest BCUT2D eigenvalue weighted by molar-refractivity contribution is 6.12. The van der Waals surface area contributed by atoms with Gasteiger partial charge >= 0.3 is 0 Å². The third-order valence-corrected chi connectivity index (χ3v) is 8.00. The van der Waals surface area contributed by atoms with E-state index in [9.17, 15) is 0 Å². The van der Waals surface area contributed by atoms with Crippen molar-refractivity contribution < 1.29 is 0 Å². The van der Waals surface area contributed by atoms with E-state index in [2.05, 4.69) is 146 Å². The zero-order chi connectivity index (χ0) is 25.3. The number of aromatic nitrogens is 1. The van der Waals surface area contributed by atoms with E-state index in [0.29, 0.717) is 0 Å². The molecule has 1 aliphatic heterocycles. The second-order valence-electron chi connectivity index (χ2n) is 10.9. The molecule has 180 valence electrons. The van der Waals surface area contributed by atoms with Gasteiger partial charge in [-0.25, -0.2) is 0 Å². The predicted octanol–water partition coefficient (Wildman–Crippen LogP) is 9.51. The Balaban J connectivity index is 1.54. The number of nitrogens with zero attached hydrogens (tertiary/aromatic N) is 2. The molecule has 1 aliphatic rings. The fraction of sp³-hybridized carbons (Fsp3) is 0.143. The summed E-state index contributed by atoms with van der Waals surface area (Å²) < 4.78 is 2.48. The number of hydrogen-bond donors (Lipinski definition) is 0. The van der Waals surface area contributed by atoms with Gasteiger partial charge in [0.25, 0.3) is 0 Å². The normalized spacial score (nSPS) is 13.6. The summed E-state index contributed by atoms with van der Waals surface area (Å²) >= 11 is 0. The molecule has 0 saturated heterocycles. The topological polar surface area (TPSA) is 8.17 Å². The van der Waals surface area contributed by atoms with E-state index in [0.717, 1.165) is 5.69 Å². The van der Waals surface area contributed by atoms with Crippen molar-refractivity contribution in [2.45, 2.75) is 33.1 Å². The Kier molecular flexibility index (Phi) is 4.65. The van der Waals surface area contributed by atoms with Crippen molar-refractivity contribution in [2.75, 3.05) is 4.90 Å². The molecule has 2 nitrogen and oxygen atoms in total. The van der Waals surface area contributed by atoms with Gasteiger partial charge in [0.2, 0.25) is 0 Å². The number of rotatable bonds is 3. The molecular formula is C35H30N2. The number of aryl methyl sites for hydroxylation is 2. The lowest BCUT2D eigenvalue weighted by molar-refractivity contribution is 0.630. The van der Waals surface area contributed by atoms with Gasteiger partial charge in [-0.2, -0.15) is 0 Å². The average Bonchev–Trinajstić information content (AvgIpc) is 3.22. The lowest BCUT2D eigenvalue weighted by Crippen LogP contribution is -2.26. The van der Waals surface area contributed by atoms with Gasteiger partial charge in [0.05, 0.1) is 16.7 Å². The molecule has 37 heavy (non-hydrogen) atoms. The zero-order valence-electron chi connectivity index (χ0n) is 21.8. The van der Waals surface area contributed by atoms with E-state index < -0.39 is 0 Å². The number of anilines is 3. The van der Waals surface area contributed by atoms with E-state index in [-0.39, 0.29) is 5.41 Å². The molecule has 0 radical (unpaired) electrons. The molecule has 0 amide bonds. The van der Waals surface area contributed by atoms with Crippen molar-refractivity contribution in [3.05, 3.63) is 131 Å². The van der Waals surface area contributed by atoms with Crippen molar-refractivity contribution >= 4 is 38.9 Å². The summed E-state index contributed by atoms with van der Waals surface area (Å²) in [6, 6.07) is 40.1. The second kappa shape index (κ2) is 7.85. The summed E-state index contributed by atoms with van der Waals surface area (Å²) in [7, 11) is 0. The van der Waals surface area contributed by atoms with Crippen molar-refractivity contribution in [3.8, 4) is 5.69 Å². The summed E-state index contributed by atoms with van der Waals surface area (Å²) in [4.78, 5) is 2.38. The highest BCUT2D eigenvalue weighted by Gasteiger charge is 2.34. The molecule has 5 aromatic carbocycles. The SMILES string of the molecule is Cc1cc(C)cc(N(c2ccccc2)c2ccc3c(c2)c2cccc4c2n3-c2ccccc2C4(C)C)c1. The lowest BCUT2D eigenvalue weighted by atomic mass is 9.75. The highest BCUT2D eigenvalue weighted by atomic mass is 15.1. The van der Waals surface area contributed by atoms with Gasteiger partial charge in [-0.15, -0.1) is 0 Å².